The lowest BCUT2D eigenvalue weighted by Gasteiger charge is -2.15. The lowest BCUT2D eigenvalue weighted by molar-refractivity contribution is -0.384. The van der Waals surface area contributed by atoms with Gasteiger partial charge in [-0.3, -0.25) is 20.0 Å². The quantitative estimate of drug-likeness (QED) is 0.327. The molecule has 1 N–H and O–H groups in total. The Kier molecular flexibility index (Phi) is 6.25. The van der Waals surface area contributed by atoms with Crippen LogP contribution in [0.1, 0.15) is 28.3 Å². The van der Waals surface area contributed by atoms with Crippen molar-refractivity contribution in [3.63, 3.8) is 0 Å². The number of carbonyl (C=O) groups is 1. The molecule has 0 aliphatic heterocycles. The smallest absolute Gasteiger partial charge is 0.276 e. The van der Waals surface area contributed by atoms with Crippen molar-refractivity contribution in [2.45, 2.75) is 19.8 Å². The summed E-state index contributed by atoms with van der Waals surface area (Å²) in [5, 5.41) is 26.5. The summed E-state index contributed by atoms with van der Waals surface area (Å²) in [5.41, 5.74) is 4.11. The van der Waals surface area contributed by atoms with Gasteiger partial charge in [-0.05, 0) is 31.9 Å². The molecule has 2 heterocycles. The van der Waals surface area contributed by atoms with Gasteiger partial charge in [-0.15, -0.1) is 5.10 Å². The molecule has 4 rings (SSSR count). The Morgan fingerprint density at radius 2 is 1.94 bits per heavy atom. The Balaban J connectivity index is 1.38. The molecule has 4 aromatic rings. The summed E-state index contributed by atoms with van der Waals surface area (Å²) in [7, 11) is 1.72. The molecule has 1 amide bonds. The summed E-state index contributed by atoms with van der Waals surface area (Å²) >= 11 is 0. The molecule has 0 fully saturated rings. The van der Waals surface area contributed by atoms with E-state index >= 15 is 0 Å². The van der Waals surface area contributed by atoms with Gasteiger partial charge in [-0.1, -0.05) is 41.6 Å². The number of nitrogens with zero attached hydrogens (tertiary/aromatic N) is 6. The normalized spacial score (nSPS) is 10.8. The average molecular weight is 445 g/mol. The molecular formula is C23H23N7O3. The fourth-order valence-electron chi connectivity index (χ4n) is 3.55. The predicted molar refractivity (Wildman–Crippen MR) is 122 cm³/mol. The molecule has 0 bridgehead atoms. The number of aromatic nitrogens is 5. The number of hydrogen-bond acceptors (Lipinski definition) is 6. The predicted octanol–water partition coefficient (Wildman–Crippen LogP) is 3.58. The van der Waals surface area contributed by atoms with Crippen molar-refractivity contribution < 1.29 is 9.72 Å². The highest BCUT2D eigenvalue weighted by molar-refractivity contribution is 5.93. The van der Waals surface area contributed by atoms with Gasteiger partial charge in [0, 0.05) is 37.0 Å². The number of benzene rings is 2. The number of nitrogens with one attached hydrogen (secondary N) is 1. The number of hydrogen-bond donors (Lipinski definition) is 1. The van der Waals surface area contributed by atoms with Gasteiger partial charge in [0.15, 0.2) is 5.69 Å². The summed E-state index contributed by atoms with van der Waals surface area (Å²) < 4.78 is 1.43. The van der Waals surface area contributed by atoms with E-state index in [0.29, 0.717) is 17.9 Å². The zero-order chi connectivity index (χ0) is 23.4. The highest BCUT2D eigenvalue weighted by atomic mass is 16.6. The van der Waals surface area contributed by atoms with E-state index in [9.17, 15) is 14.9 Å². The second kappa shape index (κ2) is 9.43. The summed E-state index contributed by atoms with van der Waals surface area (Å²) in [6, 6.07) is 18.0. The Morgan fingerprint density at radius 3 is 2.70 bits per heavy atom. The Morgan fingerprint density at radius 1 is 1.15 bits per heavy atom. The largest absolute Gasteiger partial charge is 0.340 e. The Labute approximate surface area is 190 Å². The molecule has 168 valence electrons. The second-order valence-corrected chi connectivity index (χ2v) is 7.69. The van der Waals surface area contributed by atoms with Crippen LogP contribution in [0.5, 0.6) is 0 Å². The minimum absolute atomic E-state index is 0.0541. The zero-order valence-electron chi connectivity index (χ0n) is 18.3. The highest BCUT2D eigenvalue weighted by Gasteiger charge is 2.21. The first-order valence-corrected chi connectivity index (χ1v) is 10.5. The van der Waals surface area contributed by atoms with Crippen LogP contribution in [0, 0.1) is 17.0 Å². The first kappa shape index (κ1) is 21.9. The topological polar surface area (TPSA) is 123 Å². The van der Waals surface area contributed by atoms with Gasteiger partial charge < -0.3 is 4.90 Å². The van der Waals surface area contributed by atoms with Crippen molar-refractivity contribution in [3.05, 3.63) is 87.9 Å². The zero-order valence-corrected chi connectivity index (χ0v) is 18.3. The van der Waals surface area contributed by atoms with Gasteiger partial charge in [0.1, 0.15) is 0 Å². The number of amides is 1. The maximum Gasteiger partial charge on any atom is 0.276 e. The fraction of sp³-hybridized carbons (Fsp3) is 0.217. The van der Waals surface area contributed by atoms with E-state index in [2.05, 4.69) is 20.5 Å². The van der Waals surface area contributed by atoms with Gasteiger partial charge in [0.2, 0.25) is 0 Å². The SMILES string of the molecule is Cc1c(C(=O)N(C)CCCc2cc(-c3ccccc3)n[nH]2)nnn1-c1cccc([N+](=O)[O-])c1. The molecule has 0 radical (unpaired) electrons. The van der Waals surface area contributed by atoms with Crippen LogP contribution in [-0.2, 0) is 6.42 Å². The van der Waals surface area contributed by atoms with Crippen LogP contribution in [0.25, 0.3) is 16.9 Å². The summed E-state index contributed by atoms with van der Waals surface area (Å²) in [5.74, 6) is -0.251. The average Bonchev–Trinajstić information content (AvgIpc) is 3.46. The standard InChI is InChI=1S/C23H23N7O3/c1-16-22(26-27-29(16)19-11-6-12-20(15-19)30(32)33)23(31)28(2)13-7-10-18-14-21(25-24-18)17-8-4-3-5-9-17/h3-6,8-9,11-12,14-15H,7,10,13H2,1-2H3,(H,24,25). The van der Waals surface area contributed by atoms with Crippen molar-refractivity contribution in [3.8, 4) is 16.9 Å². The fourth-order valence-corrected chi connectivity index (χ4v) is 3.55. The van der Waals surface area contributed by atoms with Crippen molar-refractivity contribution in [2.75, 3.05) is 13.6 Å². The first-order valence-electron chi connectivity index (χ1n) is 10.5. The molecule has 0 aliphatic carbocycles. The molecule has 0 spiro atoms. The number of nitro groups is 1. The number of nitro benzene ring substituents is 1. The van der Waals surface area contributed by atoms with Gasteiger partial charge in [-0.2, -0.15) is 5.10 Å². The lowest BCUT2D eigenvalue weighted by Crippen LogP contribution is -2.29. The van der Waals surface area contributed by atoms with E-state index in [1.807, 2.05) is 36.4 Å². The second-order valence-electron chi connectivity index (χ2n) is 7.69. The van der Waals surface area contributed by atoms with Crippen LogP contribution in [0.4, 0.5) is 5.69 Å². The number of aryl methyl sites for hydroxylation is 1. The molecule has 0 saturated carbocycles. The van der Waals surface area contributed by atoms with Crippen LogP contribution >= 0.6 is 0 Å². The number of rotatable bonds is 8. The van der Waals surface area contributed by atoms with Gasteiger partial charge in [0.05, 0.1) is 22.0 Å². The molecule has 10 heteroatoms. The van der Waals surface area contributed by atoms with Crippen molar-refractivity contribution >= 4 is 11.6 Å². The molecule has 0 unspecified atom stereocenters. The van der Waals surface area contributed by atoms with Crippen molar-refractivity contribution in [1.82, 2.24) is 30.1 Å². The van der Waals surface area contributed by atoms with E-state index in [1.54, 1.807) is 31.0 Å². The first-order chi connectivity index (χ1) is 15.9. The van der Waals surface area contributed by atoms with Crippen molar-refractivity contribution in [1.29, 1.82) is 0 Å². The molecule has 0 saturated heterocycles. The number of non-ortho nitro benzene ring substituents is 1. The van der Waals surface area contributed by atoms with Crippen molar-refractivity contribution in [2.24, 2.45) is 0 Å². The lowest BCUT2D eigenvalue weighted by atomic mass is 10.1. The minimum atomic E-state index is -0.474. The third kappa shape index (κ3) is 4.79. The van der Waals surface area contributed by atoms with Gasteiger partial charge in [0.25, 0.3) is 11.6 Å². The molecular weight excluding hydrogens is 422 g/mol. The van der Waals surface area contributed by atoms with Crippen LogP contribution in [0.15, 0.2) is 60.7 Å². The molecule has 0 aliphatic rings. The highest BCUT2D eigenvalue weighted by Crippen LogP contribution is 2.20. The van der Waals surface area contributed by atoms with E-state index in [4.69, 9.17) is 0 Å². The molecule has 0 atom stereocenters. The molecule has 2 aromatic carbocycles. The van der Waals surface area contributed by atoms with Gasteiger partial charge >= 0.3 is 0 Å². The van der Waals surface area contributed by atoms with E-state index in [0.717, 1.165) is 29.8 Å². The Hall–Kier alpha value is -4.34. The number of carbonyl (C=O) groups excluding carboxylic acids is 1. The molecule has 2 aromatic heterocycles. The summed E-state index contributed by atoms with van der Waals surface area (Å²) in [6.45, 7) is 2.25. The maximum atomic E-state index is 12.9. The van der Waals surface area contributed by atoms with Crippen LogP contribution in [-0.4, -0.2) is 54.5 Å². The molecule has 33 heavy (non-hydrogen) atoms. The van der Waals surface area contributed by atoms with Gasteiger partial charge in [-0.25, -0.2) is 4.68 Å². The minimum Gasteiger partial charge on any atom is -0.340 e. The van der Waals surface area contributed by atoms with E-state index in [1.165, 1.54) is 16.8 Å². The monoisotopic (exact) mass is 445 g/mol. The summed E-state index contributed by atoms with van der Waals surface area (Å²) in [6.07, 6.45) is 1.49. The van der Waals surface area contributed by atoms with E-state index in [-0.39, 0.29) is 17.3 Å². The third-order valence-corrected chi connectivity index (χ3v) is 5.37. The van der Waals surface area contributed by atoms with Crippen LogP contribution in [0.2, 0.25) is 0 Å². The number of aromatic amines is 1. The van der Waals surface area contributed by atoms with E-state index < -0.39 is 4.92 Å². The third-order valence-electron chi connectivity index (χ3n) is 5.37. The molecule has 10 nitrogen and oxygen atoms in total. The van der Waals surface area contributed by atoms with Crippen LogP contribution in [0.3, 0.4) is 0 Å². The van der Waals surface area contributed by atoms with Crippen LogP contribution < -0.4 is 0 Å². The number of H-pyrrole nitrogens is 1. The Bertz CT molecular complexity index is 1280. The summed E-state index contributed by atoms with van der Waals surface area (Å²) in [4.78, 5) is 25.1. The maximum absolute atomic E-state index is 12.9.